The summed E-state index contributed by atoms with van der Waals surface area (Å²) in [5.74, 6) is -0.465. The van der Waals surface area contributed by atoms with E-state index in [1.807, 2.05) is 12.2 Å². The Balaban J connectivity index is 1.98. The number of carbonyl (C=O) groups is 1. The summed E-state index contributed by atoms with van der Waals surface area (Å²) in [6.45, 7) is 5.85. The second-order valence-electron chi connectivity index (χ2n) is 9.14. The number of rotatable bonds is 3. The van der Waals surface area contributed by atoms with Crippen LogP contribution in [0.25, 0.3) is 0 Å². The van der Waals surface area contributed by atoms with Gasteiger partial charge in [-0.05, 0) is 62.9 Å². The van der Waals surface area contributed by atoms with Gasteiger partial charge in [0.25, 0.3) is 0 Å². The summed E-state index contributed by atoms with van der Waals surface area (Å²) >= 11 is 0. The van der Waals surface area contributed by atoms with Crippen molar-refractivity contribution in [3.8, 4) is 0 Å². The summed E-state index contributed by atoms with van der Waals surface area (Å²) in [7, 11) is 1.68. The molecule has 0 radical (unpaired) electrons. The highest BCUT2D eigenvalue weighted by Gasteiger charge is 2.59. The highest BCUT2D eigenvalue weighted by molar-refractivity contribution is 5.76. The van der Waals surface area contributed by atoms with E-state index in [0.717, 1.165) is 18.4 Å². The monoisotopic (exact) mass is 364 g/mol. The number of allylic oxidation sites excluding steroid dienone is 2. The number of aliphatic hydroxyl groups excluding tert-OH is 1. The van der Waals surface area contributed by atoms with Crippen molar-refractivity contribution in [2.45, 2.75) is 70.2 Å². The van der Waals surface area contributed by atoms with Crippen LogP contribution in [0, 0.1) is 17.3 Å². The summed E-state index contributed by atoms with van der Waals surface area (Å²) in [4.78, 5) is 12.8. The van der Waals surface area contributed by atoms with Crippen molar-refractivity contribution >= 4 is 5.97 Å². The van der Waals surface area contributed by atoms with E-state index in [1.54, 1.807) is 27.0 Å². The van der Waals surface area contributed by atoms with Gasteiger partial charge in [0.2, 0.25) is 0 Å². The van der Waals surface area contributed by atoms with Crippen LogP contribution in [0.2, 0.25) is 0 Å². The molecule has 3 fully saturated rings. The number of hydrogen-bond donors (Lipinski definition) is 2. The Labute approximate surface area is 156 Å². The summed E-state index contributed by atoms with van der Waals surface area (Å²) in [6.07, 6.45) is 8.89. The second-order valence-corrected chi connectivity index (χ2v) is 9.14. The normalized spacial score (nSPS) is 42.5. The molecule has 0 spiro atoms. The zero-order chi connectivity index (χ0) is 19.2. The molecule has 5 atom stereocenters. The average Bonchev–Trinajstić information content (AvgIpc) is 2.67. The lowest BCUT2D eigenvalue weighted by atomic mass is 9.62. The van der Waals surface area contributed by atoms with Gasteiger partial charge >= 0.3 is 5.97 Å². The third-order valence-electron chi connectivity index (χ3n) is 6.68. The van der Waals surface area contributed by atoms with E-state index in [-0.39, 0.29) is 35.9 Å². The van der Waals surface area contributed by atoms with Crippen LogP contribution < -0.4 is 0 Å². The first kappa shape index (κ1) is 19.6. The summed E-state index contributed by atoms with van der Waals surface area (Å²) in [5.41, 5.74) is -0.629. The molecular weight excluding hydrogens is 332 g/mol. The van der Waals surface area contributed by atoms with Crippen molar-refractivity contribution in [2.24, 2.45) is 17.3 Å². The maximum Gasteiger partial charge on any atom is 0.312 e. The molecule has 5 heteroatoms. The topological polar surface area (TPSA) is 76.0 Å². The van der Waals surface area contributed by atoms with Crippen LogP contribution in [-0.2, 0) is 14.3 Å². The number of aliphatic hydroxyl groups is 2. The first-order valence-electron chi connectivity index (χ1n) is 9.61. The summed E-state index contributed by atoms with van der Waals surface area (Å²) < 4.78 is 11.5. The first-order chi connectivity index (χ1) is 12.1. The molecule has 5 nitrogen and oxygen atoms in total. The van der Waals surface area contributed by atoms with E-state index in [2.05, 4.69) is 6.92 Å². The molecule has 0 aromatic rings. The highest BCUT2D eigenvalue weighted by atomic mass is 16.5. The van der Waals surface area contributed by atoms with Crippen LogP contribution in [0.3, 0.4) is 0 Å². The van der Waals surface area contributed by atoms with Crippen LogP contribution >= 0.6 is 0 Å². The summed E-state index contributed by atoms with van der Waals surface area (Å²) in [6, 6.07) is 0. The Hall–Kier alpha value is -1.17. The Bertz CT molecular complexity index is 616. The number of hydrogen-bond acceptors (Lipinski definition) is 5. The fourth-order valence-corrected chi connectivity index (χ4v) is 5.17. The van der Waals surface area contributed by atoms with Crippen molar-refractivity contribution in [1.29, 1.82) is 0 Å². The van der Waals surface area contributed by atoms with E-state index in [4.69, 9.17) is 9.47 Å². The third-order valence-corrected chi connectivity index (χ3v) is 6.68. The number of esters is 1. The molecule has 1 saturated heterocycles. The smallest absolute Gasteiger partial charge is 0.312 e. The van der Waals surface area contributed by atoms with Crippen molar-refractivity contribution in [2.75, 3.05) is 13.7 Å². The molecule has 0 unspecified atom stereocenters. The lowest BCUT2D eigenvalue weighted by Gasteiger charge is -2.50. The number of fused-ring (bicyclic) bond motifs is 4. The molecule has 0 aromatic carbocycles. The van der Waals surface area contributed by atoms with Gasteiger partial charge in [0.05, 0.1) is 23.2 Å². The lowest BCUT2D eigenvalue weighted by molar-refractivity contribution is -0.184. The maximum absolute atomic E-state index is 12.8. The Morgan fingerprint density at radius 3 is 2.69 bits per heavy atom. The molecule has 3 aliphatic rings. The predicted molar refractivity (Wildman–Crippen MR) is 98.4 cm³/mol. The fraction of sp³-hybridized carbons (Fsp3) is 0.762. The molecule has 2 saturated carbocycles. The van der Waals surface area contributed by atoms with Gasteiger partial charge < -0.3 is 19.7 Å². The van der Waals surface area contributed by atoms with E-state index < -0.39 is 11.2 Å². The van der Waals surface area contributed by atoms with Gasteiger partial charge in [0, 0.05) is 7.11 Å². The Morgan fingerprint density at radius 1 is 1.31 bits per heavy atom. The van der Waals surface area contributed by atoms with Gasteiger partial charge in [-0.2, -0.15) is 0 Å². The first-order valence-corrected chi connectivity index (χ1v) is 9.61. The van der Waals surface area contributed by atoms with Gasteiger partial charge in [-0.3, -0.25) is 4.79 Å². The standard InChI is InChI=1S/C21H32O5/c1-19(2,24)9-5-6-14-12-26-18(23)17-15(14)7-10-20(3)13-21(17,25-4)11-8-16(20)22/h5-6,9,15-17,22,24H,7-8,10-13H2,1-4H3/b9-5+,14-6-/t15-,16-,17-,20+,21-/m1/s1. The highest BCUT2D eigenvalue weighted by Crippen LogP contribution is 2.56. The van der Waals surface area contributed by atoms with Crippen molar-refractivity contribution in [1.82, 2.24) is 0 Å². The van der Waals surface area contributed by atoms with E-state index in [0.29, 0.717) is 19.3 Å². The summed E-state index contributed by atoms with van der Waals surface area (Å²) in [5, 5.41) is 20.5. The fourth-order valence-electron chi connectivity index (χ4n) is 5.17. The van der Waals surface area contributed by atoms with Gasteiger partial charge in [0.1, 0.15) is 6.61 Å². The maximum atomic E-state index is 12.8. The minimum Gasteiger partial charge on any atom is -0.461 e. The quantitative estimate of drug-likeness (QED) is 0.753. The predicted octanol–water partition coefficient (Wildman–Crippen LogP) is 2.76. The van der Waals surface area contributed by atoms with Crippen LogP contribution in [0.5, 0.6) is 0 Å². The molecule has 2 N–H and O–H groups in total. The average molecular weight is 364 g/mol. The molecule has 0 aromatic heterocycles. The molecule has 2 bridgehead atoms. The number of ether oxygens (including phenoxy) is 2. The minimum absolute atomic E-state index is 0.0507. The van der Waals surface area contributed by atoms with Gasteiger partial charge in [0.15, 0.2) is 0 Å². The molecule has 1 heterocycles. The molecule has 3 rings (SSSR count). The van der Waals surface area contributed by atoms with Gasteiger partial charge in [-0.15, -0.1) is 0 Å². The van der Waals surface area contributed by atoms with Crippen molar-refractivity contribution < 1.29 is 24.5 Å². The van der Waals surface area contributed by atoms with Crippen LogP contribution in [0.1, 0.15) is 52.9 Å². The van der Waals surface area contributed by atoms with E-state index >= 15 is 0 Å². The van der Waals surface area contributed by atoms with Crippen LogP contribution in [0.15, 0.2) is 23.8 Å². The molecule has 0 amide bonds. The van der Waals surface area contributed by atoms with Crippen LogP contribution in [-0.4, -0.2) is 47.2 Å². The molecular formula is C21H32O5. The molecule has 146 valence electrons. The van der Waals surface area contributed by atoms with Gasteiger partial charge in [-0.25, -0.2) is 0 Å². The number of methoxy groups -OCH3 is 1. The second kappa shape index (κ2) is 6.77. The zero-order valence-corrected chi connectivity index (χ0v) is 16.3. The Kier molecular flexibility index (Phi) is 5.10. The van der Waals surface area contributed by atoms with Crippen molar-refractivity contribution in [3.05, 3.63) is 23.8 Å². The van der Waals surface area contributed by atoms with Crippen LogP contribution in [0.4, 0.5) is 0 Å². The zero-order valence-electron chi connectivity index (χ0n) is 16.3. The molecule has 2 aliphatic carbocycles. The largest absolute Gasteiger partial charge is 0.461 e. The third kappa shape index (κ3) is 3.49. The minimum atomic E-state index is -0.882. The lowest BCUT2D eigenvalue weighted by Crippen LogP contribution is -2.55. The van der Waals surface area contributed by atoms with E-state index in [9.17, 15) is 15.0 Å². The van der Waals surface area contributed by atoms with Gasteiger partial charge in [-0.1, -0.05) is 25.2 Å². The number of carbonyl (C=O) groups excluding carboxylic acids is 1. The SMILES string of the molecule is CO[C@@]12CC[C@@H](O)[C@@](C)(CC[C@@H]3/C(=C\C=C\C(C)(C)O)COC(=O)[C@@H]31)C2. The molecule has 26 heavy (non-hydrogen) atoms. The van der Waals surface area contributed by atoms with Crippen molar-refractivity contribution in [3.63, 3.8) is 0 Å². The van der Waals surface area contributed by atoms with E-state index in [1.165, 1.54) is 0 Å². The Morgan fingerprint density at radius 2 is 2.04 bits per heavy atom. The number of cyclic esters (lactones) is 1. The molecule has 1 aliphatic heterocycles.